The van der Waals surface area contributed by atoms with Crippen LogP contribution in [-0.4, -0.2) is 32.5 Å². The monoisotopic (exact) mass is 598 g/mol. The zero-order valence-electron chi connectivity index (χ0n) is 17.4. The standard InChI is InChI=1S/C22H20ClIN4O4S/c1-32-21-19(33(30,31)28-15-3-2-10-25-12-15)9-7-16(22(29)26-14-5-6-14)20(21)27-18-8-4-13(24)11-17(18)23/h2-4,7-12,14,27-28H,5-6H2,1H3,(H,26,29). The Hall–Kier alpha value is -2.57. The number of carbonyl (C=O) groups excluding carboxylic acids is 1. The van der Waals surface area contributed by atoms with Gasteiger partial charge in [-0.05, 0) is 77.9 Å². The molecule has 1 aliphatic carbocycles. The Morgan fingerprint density at radius 3 is 2.64 bits per heavy atom. The third-order valence-corrected chi connectivity index (χ3v) is 7.27. The van der Waals surface area contributed by atoms with E-state index >= 15 is 0 Å². The van der Waals surface area contributed by atoms with Gasteiger partial charge in [0.05, 0.1) is 41.0 Å². The second-order valence-electron chi connectivity index (χ2n) is 7.36. The number of anilines is 3. The first-order valence-electron chi connectivity index (χ1n) is 9.95. The van der Waals surface area contributed by atoms with E-state index in [9.17, 15) is 13.2 Å². The van der Waals surface area contributed by atoms with E-state index in [0.717, 1.165) is 16.4 Å². The maximum Gasteiger partial charge on any atom is 0.265 e. The smallest absolute Gasteiger partial charge is 0.265 e. The lowest BCUT2D eigenvalue weighted by Crippen LogP contribution is -2.26. The third kappa shape index (κ3) is 5.50. The predicted molar refractivity (Wildman–Crippen MR) is 136 cm³/mol. The Labute approximate surface area is 210 Å². The predicted octanol–water partition coefficient (Wildman–Crippen LogP) is 4.78. The van der Waals surface area contributed by atoms with Gasteiger partial charge >= 0.3 is 0 Å². The lowest BCUT2D eigenvalue weighted by Gasteiger charge is -2.20. The highest BCUT2D eigenvalue weighted by Crippen LogP contribution is 2.40. The lowest BCUT2D eigenvalue weighted by molar-refractivity contribution is 0.0951. The molecule has 0 unspecified atom stereocenters. The number of nitrogens with zero attached hydrogens (tertiary/aromatic N) is 1. The summed E-state index contributed by atoms with van der Waals surface area (Å²) in [6.07, 6.45) is 4.76. The van der Waals surface area contributed by atoms with Gasteiger partial charge in [0.15, 0.2) is 5.75 Å². The maximum atomic E-state index is 13.2. The highest BCUT2D eigenvalue weighted by molar-refractivity contribution is 14.1. The Bertz CT molecular complexity index is 1300. The van der Waals surface area contributed by atoms with Gasteiger partial charge in [-0.1, -0.05) is 11.6 Å². The summed E-state index contributed by atoms with van der Waals surface area (Å²) >= 11 is 8.53. The number of pyridine rings is 1. The van der Waals surface area contributed by atoms with Crippen molar-refractivity contribution in [1.29, 1.82) is 0 Å². The number of nitrogens with one attached hydrogen (secondary N) is 3. The Kier molecular flexibility index (Phi) is 6.96. The average Bonchev–Trinajstić information content (AvgIpc) is 3.59. The molecule has 172 valence electrons. The maximum absolute atomic E-state index is 13.2. The van der Waals surface area contributed by atoms with Crippen molar-refractivity contribution in [1.82, 2.24) is 10.3 Å². The quantitative estimate of drug-likeness (QED) is 0.322. The average molecular weight is 599 g/mol. The number of ether oxygens (including phenoxy) is 1. The van der Waals surface area contributed by atoms with Crippen LogP contribution in [0.25, 0.3) is 0 Å². The zero-order valence-corrected chi connectivity index (χ0v) is 21.2. The molecular formula is C22H20ClIN4O4S. The van der Waals surface area contributed by atoms with Gasteiger partial charge in [-0.2, -0.15) is 0 Å². The van der Waals surface area contributed by atoms with Crippen LogP contribution < -0.4 is 20.1 Å². The number of aromatic nitrogens is 1. The molecule has 1 aliphatic rings. The van der Waals surface area contributed by atoms with Crippen molar-refractivity contribution in [3.63, 3.8) is 0 Å². The molecule has 33 heavy (non-hydrogen) atoms. The van der Waals surface area contributed by atoms with Crippen LogP contribution >= 0.6 is 34.2 Å². The van der Waals surface area contributed by atoms with Crippen molar-refractivity contribution < 1.29 is 17.9 Å². The van der Waals surface area contributed by atoms with Crippen LogP contribution in [0, 0.1) is 3.57 Å². The molecule has 11 heteroatoms. The molecule has 0 bridgehead atoms. The van der Waals surface area contributed by atoms with E-state index in [2.05, 4.69) is 42.9 Å². The summed E-state index contributed by atoms with van der Waals surface area (Å²) < 4.78 is 35.3. The lowest BCUT2D eigenvalue weighted by atomic mass is 10.1. The molecule has 0 radical (unpaired) electrons. The molecule has 3 N–H and O–H groups in total. The topological polar surface area (TPSA) is 109 Å². The summed E-state index contributed by atoms with van der Waals surface area (Å²) in [6, 6.07) is 11.5. The van der Waals surface area contributed by atoms with Crippen LogP contribution in [0.2, 0.25) is 5.02 Å². The van der Waals surface area contributed by atoms with Crippen LogP contribution in [0.3, 0.4) is 0 Å². The molecular weight excluding hydrogens is 579 g/mol. The largest absolute Gasteiger partial charge is 0.493 e. The fourth-order valence-corrected chi connectivity index (χ4v) is 5.26. The van der Waals surface area contributed by atoms with E-state index < -0.39 is 10.0 Å². The Morgan fingerprint density at radius 1 is 1.21 bits per heavy atom. The molecule has 1 heterocycles. The number of hydrogen-bond donors (Lipinski definition) is 3. The second kappa shape index (κ2) is 9.74. The molecule has 1 fully saturated rings. The fourth-order valence-electron chi connectivity index (χ4n) is 3.14. The van der Waals surface area contributed by atoms with E-state index in [1.807, 2.05) is 6.07 Å². The third-order valence-electron chi connectivity index (χ3n) is 4.88. The van der Waals surface area contributed by atoms with Gasteiger partial charge in [0.1, 0.15) is 4.90 Å². The minimum absolute atomic E-state index is 0.00976. The van der Waals surface area contributed by atoms with Crippen molar-refractivity contribution in [3.05, 3.63) is 69.0 Å². The van der Waals surface area contributed by atoms with Gasteiger partial charge in [-0.15, -0.1) is 0 Å². The van der Waals surface area contributed by atoms with Gasteiger partial charge in [0.2, 0.25) is 0 Å². The van der Waals surface area contributed by atoms with Gasteiger partial charge in [0.25, 0.3) is 15.9 Å². The minimum atomic E-state index is -4.06. The summed E-state index contributed by atoms with van der Waals surface area (Å²) in [5.41, 5.74) is 1.25. The highest BCUT2D eigenvalue weighted by atomic mass is 127. The van der Waals surface area contributed by atoms with Crippen molar-refractivity contribution in [2.24, 2.45) is 0 Å². The van der Waals surface area contributed by atoms with Gasteiger partial charge in [0, 0.05) is 15.8 Å². The van der Waals surface area contributed by atoms with E-state index in [1.165, 1.54) is 25.4 Å². The normalized spacial score (nSPS) is 13.3. The number of benzene rings is 2. The van der Waals surface area contributed by atoms with Crippen molar-refractivity contribution >= 4 is 67.2 Å². The summed E-state index contributed by atoms with van der Waals surface area (Å²) in [5.74, 6) is -0.339. The molecule has 0 atom stereocenters. The number of rotatable bonds is 8. The van der Waals surface area contributed by atoms with Gasteiger partial charge in [-0.25, -0.2) is 8.42 Å². The van der Waals surface area contributed by atoms with Crippen LogP contribution in [0.5, 0.6) is 5.75 Å². The molecule has 3 aromatic rings. The summed E-state index contributed by atoms with van der Waals surface area (Å²) in [5, 5.41) is 6.46. The van der Waals surface area contributed by atoms with Crippen LogP contribution in [0.15, 0.2) is 59.8 Å². The van der Waals surface area contributed by atoms with Gasteiger partial charge < -0.3 is 15.4 Å². The van der Waals surface area contributed by atoms with Crippen LogP contribution in [0.4, 0.5) is 17.1 Å². The highest BCUT2D eigenvalue weighted by Gasteiger charge is 2.29. The van der Waals surface area contributed by atoms with Gasteiger partial charge in [-0.3, -0.25) is 14.5 Å². The molecule has 2 aromatic carbocycles. The van der Waals surface area contributed by atoms with E-state index in [1.54, 1.807) is 30.5 Å². The SMILES string of the molecule is COc1c(S(=O)(=O)Nc2cccnc2)ccc(C(=O)NC2CC2)c1Nc1ccc(I)cc1Cl. The molecule has 0 saturated heterocycles. The van der Waals surface area contributed by atoms with Crippen molar-refractivity contribution in [3.8, 4) is 5.75 Å². The van der Waals surface area contributed by atoms with E-state index in [0.29, 0.717) is 16.4 Å². The summed E-state index contributed by atoms with van der Waals surface area (Å²) in [4.78, 5) is 16.7. The Morgan fingerprint density at radius 2 is 2.00 bits per heavy atom. The van der Waals surface area contributed by atoms with E-state index in [4.69, 9.17) is 16.3 Å². The number of halogens is 2. The minimum Gasteiger partial charge on any atom is -0.493 e. The first-order chi connectivity index (χ1) is 15.8. The molecule has 1 aromatic heterocycles. The summed E-state index contributed by atoms with van der Waals surface area (Å²) in [6.45, 7) is 0. The second-order valence-corrected chi connectivity index (χ2v) is 10.7. The molecule has 8 nitrogen and oxygen atoms in total. The molecule has 0 aliphatic heterocycles. The molecule has 4 rings (SSSR count). The number of sulfonamides is 1. The van der Waals surface area contributed by atoms with Crippen LogP contribution in [0.1, 0.15) is 23.2 Å². The van der Waals surface area contributed by atoms with Crippen molar-refractivity contribution in [2.75, 3.05) is 17.1 Å². The molecule has 0 spiro atoms. The number of carbonyl (C=O) groups is 1. The zero-order chi connectivity index (χ0) is 23.6. The first-order valence-corrected chi connectivity index (χ1v) is 12.9. The number of methoxy groups -OCH3 is 1. The van der Waals surface area contributed by atoms with E-state index in [-0.39, 0.29) is 33.8 Å². The molecule has 1 saturated carbocycles. The fraction of sp³-hybridized carbons (Fsp3) is 0.182. The first kappa shape index (κ1) is 23.6. The number of amides is 1. The molecule has 1 amide bonds. The number of hydrogen-bond acceptors (Lipinski definition) is 6. The summed E-state index contributed by atoms with van der Waals surface area (Å²) in [7, 11) is -2.71. The van der Waals surface area contributed by atoms with Crippen LogP contribution in [-0.2, 0) is 10.0 Å². The Balaban J connectivity index is 1.81. The van der Waals surface area contributed by atoms with Crippen molar-refractivity contribution in [2.45, 2.75) is 23.8 Å².